The Morgan fingerprint density at radius 1 is 1.14 bits per heavy atom. The summed E-state index contributed by atoms with van der Waals surface area (Å²) in [5, 5.41) is 4.38. The Morgan fingerprint density at radius 3 is 2.86 bits per heavy atom. The Hall–Kier alpha value is -3.65. The van der Waals surface area contributed by atoms with Gasteiger partial charge in [-0.3, -0.25) is 9.78 Å². The van der Waals surface area contributed by atoms with Crippen molar-refractivity contribution in [3.63, 3.8) is 0 Å². The van der Waals surface area contributed by atoms with Crippen LogP contribution in [0.3, 0.4) is 0 Å². The van der Waals surface area contributed by atoms with Crippen molar-refractivity contribution < 1.29 is 14.3 Å². The van der Waals surface area contributed by atoms with Gasteiger partial charge in [0, 0.05) is 11.6 Å². The first-order valence-corrected chi connectivity index (χ1v) is 9.11. The van der Waals surface area contributed by atoms with Gasteiger partial charge in [0.15, 0.2) is 10.9 Å². The molecule has 7 nitrogen and oxygen atoms in total. The first-order valence-electron chi connectivity index (χ1n) is 8.29. The first kappa shape index (κ1) is 17.7. The molecule has 0 spiro atoms. The number of aliphatic imine (C=N–C) groups is 1. The first-order chi connectivity index (χ1) is 13.6. The second-order valence-electron chi connectivity index (χ2n) is 5.83. The van der Waals surface area contributed by atoms with Gasteiger partial charge in [-0.25, -0.2) is 4.79 Å². The number of thioether (sulfide) groups is 1. The van der Waals surface area contributed by atoms with E-state index in [1.165, 1.54) is 11.8 Å². The quantitative estimate of drug-likeness (QED) is 0.659. The maximum Gasteiger partial charge on any atom is 0.410 e. The van der Waals surface area contributed by atoms with Crippen LogP contribution in [-0.4, -0.2) is 22.2 Å². The van der Waals surface area contributed by atoms with Crippen LogP contribution in [0.2, 0.25) is 0 Å². The molecule has 1 aliphatic rings. The molecule has 8 heteroatoms. The Morgan fingerprint density at radius 2 is 2.00 bits per heavy atom. The minimum Gasteiger partial charge on any atom is -0.408 e. The van der Waals surface area contributed by atoms with E-state index in [0.717, 1.165) is 16.5 Å². The van der Waals surface area contributed by atoms with Gasteiger partial charge in [0.1, 0.15) is 0 Å². The summed E-state index contributed by atoms with van der Waals surface area (Å²) in [4.78, 5) is 32.1. The van der Waals surface area contributed by atoms with Gasteiger partial charge in [-0.2, -0.15) is 4.99 Å². The molecule has 28 heavy (non-hydrogen) atoms. The van der Waals surface area contributed by atoms with Gasteiger partial charge < -0.3 is 15.8 Å². The highest BCUT2D eigenvalue weighted by atomic mass is 32.2. The molecule has 3 aromatic rings. The van der Waals surface area contributed by atoms with Gasteiger partial charge >= 0.3 is 6.09 Å². The molecule has 4 rings (SSSR count). The Labute approximate surface area is 164 Å². The third-order valence-electron chi connectivity index (χ3n) is 3.88. The smallest absolute Gasteiger partial charge is 0.408 e. The molecular weight excluding hydrogens is 376 g/mol. The topological polar surface area (TPSA) is 107 Å². The van der Waals surface area contributed by atoms with Crippen molar-refractivity contribution in [1.82, 2.24) is 4.98 Å². The SMILES string of the molecule is NC(=O)Oc1ccccc1NC1=NC(=O)/C(=C/c2ccc3ncccc3c2)S1. The highest BCUT2D eigenvalue weighted by molar-refractivity contribution is 8.18. The number of para-hydroxylation sites is 2. The van der Waals surface area contributed by atoms with Crippen LogP contribution in [0.1, 0.15) is 5.56 Å². The second-order valence-corrected chi connectivity index (χ2v) is 6.86. The lowest BCUT2D eigenvalue weighted by Crippen LogP contribution is -2.17. The molecule has 0 unspecified atom stereocenters. The van der Waals surface area contributed by atoms with E-state index in [1.807, 2.05) is 30.3 Å². The molecule has 0 aliphatic carbocycles. The van der Waals surface area contributed by atoms with Crippen molar-refractivity contribution in [2.24, 2.45) is 10.7 Å². The van der Waals surface area contributed by atoms with Crippen LogP contribution in [0.15, 0.2) is 70.7 Å². The van der Waals surface area contributed by atoms with Gasteiger partial charge in [-0.15, -0.1) is 0 Å². The molecule has 1 aliphatic heterocycles. The molecule has 2 heterocycles. The average Bonchev–Trinajstić information content (AvgIpc) is 3.02. The fourth-order valence-corrected chi connectivity index (χ4v) is 3.51. The van der Waals surface area contributed by atoms with Crippen LogP contribution in [0.25, 0.3) is 17.0 Å². The van der Waals surface area contributed by atoms with E-state index in [0.29, 0.717) is 15.8 Å². The molecule has 0 bridgehead atoms. The van der Waals surface area contributed by atoms with Crippen LogP contribution in [0.4, 0.5) is 10.5 Å². The van der Waals surface area contributed by atoms with E-state index in [4.69, 9.17) is 10.5 Å². The summed E-state index contributed by atoms with van der Waals surface area (Å²) >= 11 is 1.20. The number of benzene rings is 2. The summed E-state index contributed by atoms with van der Waals surface area (Å²) in [7, 11) is 0. The lowest BCUT2D eigenvalue weighted by Gasteiger charge is -2.09. The minimum absolute atomic E-state index is 0.255. The van der Waals surface area contributed by atoms with Gasteiger partial charge in [-0.05, 0) is 53.7 Å². The highest BCUT2D eigenvalue weighted by Gasteiger charge is 2.23. The van der Waals surface area contributed by atoms with Crippen molar-refractivity contribution >= 4 is 51.6 Å². The predicted molar refractivity (Wildman–Crippen MR) is 110 cm³/mol. The summed E-state index contributed by atoms with van der Waals surface area (Å²) in [5.41, 5.74) is 7.33. The Balaban J connectivity index is 1.54. The molecule has 0 atom stereocenters. The number of amidine groups is 1. The fourth-order valence-electron chi connectivity index (χ4n) is 2.68. The highest BCUT2D eigenvalue weighted by Crippen LogP contribution is 2.32. The van der Waals surface area contributed by atoms with E-state index in [9.17, 15) is 9.59 Å². The largest absolute Gasteiger partial charge is 0.410 e. The molecule has 0 fully saturated rings. The number of nitrogens with one attached hydrogen (secondary N) is 1. The molecule has 0 radical (unpaired) electrons. The van der Waals surface area contributed by atoms with Crippen molar-refractivity contribution in [3.8, 4) is 5.75 Å². The molecule has 2 amide bonds. The summed E-state index contributed by atoms with van der Waals surface area (Å²) in [6.07, 6.45) is 2.60. The molecule has 2 aromatic carbocycles. The van der Waals surface area contributed by atoms with Crippen molar-refractivity contribution in [3.05, 3.63) is 71.3 Å². The van der Waals surface area contributed by atoms with E-state index in [2.05, 4.69) is 15.3 Å². The third kappa shape index (κ3) is 3.86. The van der Waals surface area contributed by atoms with Crippen LogP contribution in [-0.2, 0) is 4.79 Å². The predicted octanol–water partition coefficient (Wildman–Crippen LogP) is 3.77. The number of amides is 2. The maximum atomic E-state index is 12.3. The zero-order valence-corrected chi connectivity index (χ0v) is 15.3. The van der Waals surface area contributed by atoms with Gasteiger partial charge in [0.2, 0.25) is 0 Å². The summed E-state index contributed by atoms with van der Waals surface area (Å²) in [6, 6.07) is 16.4. The van der Waals surface area contributed by atoms with E-state index in [-0.39, 0.29) is 11.7 Å². The number of nitrogens with zero attached hydrogens (tertiary/aromatic N) is 2. The standard InChI is InChI=1S/C20H14N4O3S/c21-19(26)27-16-6-2-1-5-15(16)23-20-24-18(25)17(28-20)11-12-7-8-14-13(10-12)4-3-9-22-14/h1-11H,(H2,21,26)(H,23,24,25)/b17-11-. The molecule has 3 N–H and O–H groups in total. The number of carbonyl (C=O) groups is 2. The van der Waals surface area contributed by atoms with Gasteiger partial charge in [-0.1, -0.05) is 24.3 Å². The van der Waals surface area contributed by atoms with Gasteiger partial charge in [0.25, 0.3) is 5.91 Å². The lowest BCUT2D eigenvalue weighted by molar-refractivity contribution is -0.113. The summed E-state index contributed by atoms with van der Waals surface area (Å²) in [6.45, 7) is 0. The molecule has 138 valence electrons. The zero-order chi connectivity index (χ0) is 19.5. The van der Waals surface area contributed by atoms with Crippen LogP contribution < -0.4 is 15.8 Å². The number of primary amides is 1. The number of rotatable bonds is 3. The van der Waals surface area contributed by atoms with Crippen LogP contribution in [0, 0.1) is 0 Å². The number of carbonyl (C=O) groups excluding carboxylic acids is 2. The Bertz CT molecular complexity index is 1160. The van der Waals surface area contributed by atoms with Crippen LogP contribution >= 0.6 is 11.8 Å². The fraction of sp³-hybridized carbons (Fsp3) is 0. The van der Waals surface area contributed by atoms with Gasteiger partial charge in [0.05, 0.1) is 16.1 Å². The number of hydrogen-bond donors (Lipinski definition) is 2. The van der Waals surface area contributed by atoms with Crippen molar-refractivity contribution in [2.45, 2.75) is 0 Å². The molecule has 0 saturated carbocycles. The number of fused-ring (bicyclic) bond motifs is 1. The van der Waals surface area contributed by atoms with Crippen molar-refractivity contribution in [1.29, 1.82) is 0 Å². The molecule has 1 aromatic heterocycles. The van der Waals surface area contributed by atoms with Crippen molar-refractivity contribution in [2.75, 3.05) is 5.32 Å². The molecule has 0 saturated heterocycles. The zero-order valence-electron chi connectivity index (χ0n) is 14.5. The minimum atomic E-state index is -0.919. The van der Waals surface area contributed by atoms with E-state index >= 15 is 0 Å². The number of anilines is 1. The van der Waals surface area contributed by atoms with Crippen LogP contribution in [0.5, 0.6) is 5.75 Å². The number of aromatic nitrogens is 1. The average molecular weight is 390 g/mol. The summed E-state index contributed by atoms with van der Waals surface area (Å²) < 4.78 is 4.95. The molecular formula is C20H14N4O3S. The van der Waals surface area contributed by atoms with E-state index < -0.39 is 6.09 Å². The second kappa shape index (κ2) is 7.53. The lowest BCUT2D eigenvalue weighted by atomic mass is 10.1. The monoisotopic (exact) mass is 390 g/mol. The summed E-state index contributed by atoms with van der Waals surface area (Å²) in [5.74, 6) is -0.0858. The number of pyridine rings is 1. The number of nitrogens with two attached hydrogens (primary N) is 1. The number of ether oxygens (including phenoxy) is 1. The third-order valence-corrected chi connectivity index (χ3v) is 4.78. The maximum absolute atomic E-state index is 12.3. The Kier molecular flexibility index (Phi) is 4.77. The number of hydrogen-bond acceptors (Lipinski definition) is 6. The normalized spacial score (nSPS) is 14.9. The van der Waals surface area contributed by atoms with E-state index in [1.54, 1.807) is 36.5 Å².